The Morgan fingerprint density at radius 2 is 1.88 bits per heavy atom. The third-order valence-corrected chi connectivity index (χ3v) is 7.35. The van der Waals surface area contributed by atoms with Gasteiger partial charge < -0.3 is 0 Å². The first-order valence-corrected chi connectivity index (χ1v) is 11.9. The van der Waals surface area contributed by atoms with Crippen molar-refractivity contribution in [3.8, 4) is 5.69 Å². The molecule has 0 radical (unpaired) electrons. The first-order valence-electron chi connectivity index (χ1n) is 10.1. The van der Waals surface area contributed by atoms with Crippen molar-refractivity contribution < 1.29 is 13.3 Å². The van der Waals surface area contributed by atoms with Crippen LogP contribution in [-0.4, -0.2) is 46.7 Å². The van der Waals surface area contributed by atoms with Crippen molar-refractivity contribution in [2.24, 2.45) is 5.10 Å². The van der Waals surface area contributed by atoms with E-state index in [2.05, 4.69) is 15.6 Å². The van der Waals surface area contributed by atoms with E-state index < -0.39 is 20.6 Å². The molecule has 0 atom stereocenters. The summed E-state index contributed by atoms with van der Waals surface area (Å²) in [6.07, 6.45) is 1.41. The summed E-state index contributed by atoms with van der Waals surface area (Å²) in [7, 11) is -3.84. The summed E-state index contributed by atoms with van der Waals surface area (Å²) in [6, 6.07) is 13.0. The van der Waals surface area contributed by atoms with Gasteiger partial charge >= 0.3 is 0 Å². The summed E-state index contributed by atoms with van der Waals surface area (Å²) in [5.74, 6) is 0. The lowest BCUT2D eigenvalue weighted by Crippen LogP contribution is -2.30. The molecule has 0 saturated heterocycles. The van der Waals surface area contributed by atoms with E-state index in [9.17, 15) is 18.5 Å². The molecule has 0 fully saturated rings. The molecule has 1 aromatic heterocycles. The first-order chi connectivity index (χ1) is 15.7. The third-order valence-electron chi connectivity index (χ3n) is 4.94. The van der Waals surface area contributed by atoms with E-state index >= 15 is 0 Å². The van der Waals surface area contributed by atoms with Crippen LogP contribution in [0.15, 0.2) is 58.5 Å². The number of nitro benzene ring substituents is 1. The Labute approximate surface area is 196 Å². The maximum absolute atomic E-state index is 12.7. The van der Waals surface area contributed by atoms with E-state index in [0.29, 0.717) is 16.4 Å². The van der Waals surface area contributed by atoms with Crippen LogP contribution in [0.4, 0.5) is 11.4 Å². The highest BCUT2D eigenvalue weighted by atomic mass is 35.5. The topological polar surface area (TPSA) is 123 Å². The van der Waals surface area contributed by atoms with Gasteiger partial charge in [-0.15, -0.1) is 0 Å². The van der Waals surface area contributed by atoms with Gasteiger partial charge in [0.1, 0.15) is 10.8 Å². The molecule has 0 saturated carbocycles. The van der Waals surface area contributed by atoms with Gasteiger partial charge in [-0.2, -0.15) is 14.5 Å². The Kier molecular flexibility index (Phi) is 7.46. The van der Waals surface area contributed by atoms with Gasteiger partial charge in [-0.05, 0) is 31.2 Å². The molecule has 0 amide bonds. The van der Waals surface area contributed by atoms with E-state index in [1.807, 2.05) is 30.3 Å². The molecule has 0 aliphatic carbocycles. The largest absolute Gasteiger partial charge is 0.295 e. The molecule has 33 heavy (non-hydrogen) atoms. The number of hydrogen-bond acceptors (Lipinski definition) is 7. The van der Waals surface area contributed by atoms with Crippen LogP contribution in [0, 0.1) is 17.0 Å². The normalized spacial score (nSPS) is 11.9. The summed E-state index contributed by atoms with van der Waals surface area (Å²) in [5, 5.41) is 20.4. The van der Waals surface area contributed by atoms with Crippen LogP contribution in [0.25, 0.3) is 5.69 Å². The molecule has 0 unspecified atom stereocenters. The van der Waals surface area contributed by atoms with E-state index in [0.717, 1.165) is 11.8 Å². The van der Waals surface area contributed by atoms with E-state index in [-0.39, 0.29) is 23.7 Å². The van der Waals surface area contributed by atoms with Crippen molar-refractivity contribution in [3.63, 3.8) is 0 Å². The zero-order valence-corrected chi connectivity index (χ0v) is 19.8. The Hall–Kier alpha value is -3.28. The number of aryl methyl sites for hydroxylation is 1. The van der Waals surface area contributed by atoms with Crippen molar-refractivity contribution >= 4 is 39.2 Å². The van der Waals surface area contributed by atoms with E-state index in [1.54, 1.807) is 25.5 Å². The van der Waals surface area contributed by atoms with Crippen molar-refractivity contribution in [2.75, 3.05) is 18.5 Å². The van der Waals surface area contributed by atoms with Crippen molar-refractivity contribution in [2.45, 2.75) is 25.7 Å². The van der Waals surface area contributed by atoms with Gasteiger partial charge in [-0.3, -0.25) is 15.5 Å². The lowest BCUT2D eigenvalue weighted by molar-refractivity contribution is -0.384. The predicted octanol–water partition coefficient (Wildman–Crippen LogP) is 4.22. The summed E-state index contributed by atoms with van der Waals surface area (Å²) < 4.78 is 28.2. The van der Waals surface area contributed by atoms with Crippen molar-refractivity contribution in [1.82, 2.24) is 14.1 Å². The molecule has 2 aromatic carbocycles. The molecule has 3 rings (SSSR count). The highest BCUT2D eigenvalue weighted by Gasteiger charge is 2.25. The van der Waals surface area contributed by atoms with Gasteiger partial charge in [0.2, 0.25) is 10.0 Å². The van der Waals surface area contributed by atoms with Crippen LogP contribution < -0.4 is 5.43 Å². The van der Waals surface area contributed by atoms with Crippen molar-refractivity contribution in [3.05, 3.63) is 75.1 Å². The number of hydrogen-bond donors (Lipinski definition) is 1. The highest BCUT2D eigenvalue weighted by Crippen LogP contribution is 2.29. The smallest absolute Gasteiger partial charge is 0.272 e. The van der Waals surface area contributed by atoms with Gasteiger partial charge in [0.25, 0.3) is 5.69 Å². The number of nitrogens with zero attached hydrogens (tertiary/aromatic N) is 5. The highest BCUT2D eigenvalue weighted by molar-refractivity contribution is 7.89. The first kappa shape index (κ1) is 24.4. The quantitative estimate of drug-likeness (QED) is 0.272. The standard InChI is InChI=1S/C21H23ClN6O4S/c1-4-26(5-2)33(31,32)17-11-12-19(20(13-17)28(29)30)24-23-14-18-15(3)25-27(21(18)22)16-9-7-6-8-10-16/h6-14,24H,4-5H2,1-3H3/b23-14-. The number of aromatic nitrogens is 2. The van der Waals surface area contributed by atoms with Crippen LogP contribution in [0.1, 0.15) is 25.1 Å². The molecule has 1 N–H and O–H groups in total. The Morgan fingerprint density at radius 3 is 2.48 bits per heavy atom. The fourth-order valence-electron chi connectivity index (χ4n) is 3.19. The lowest BCUT2D eigenvalue weighted by atomic mass is 10.3. The molecule has 0 bridgehead atoms. The summed E-state index contributed by atoms with van der Waals surface area (Å²) in [4.78, 5) is 10.8. The number of anilines is 1. The summed E-state index contributed by atoms with van der Waals surface area (Å²) in [5.41, 5.74) is 4.16. The minimum atomic E-state index is -3.84. The molecule has 10 nitrogen and oxygen atoms in total. The molecule has 3 aromatic rings. The van der Waals surface area contributed by atoms with Gasteiger partial charge in [-0.25, -0.2) is 13.1 Å². The van der Waals surface area contributed by atoms with Gasteiger partial charge in [0.05, 0.1) is 33.0 Å². The fourth-order valence-corrected chi connectivity index (χ4v) is 4.99. The maximum Gasteiger partial charge on any atom is 0.295 e. The second-order valence-electron chi connectivity index (χ2n) is 6.93. The third kappa shape index (κ3) is 5.05. The van der Waals surface area contributed by atoms with Crippen molar-refractivity contribution in [1.29, 1.82) is 0 Å². The van der Waals surface area contributed by atoms with Gasteiger partial charge in [-0.1, -0.05) is 43.6 Å². The SMILES string of the molecule is CCN(CC)S(=O)(=O)c1ccc(N/N=C\c2c(C)nn(-c3ccccc3)c2Cl)c([N+](=O)[O-])c1. The number of halogens is 1. The molecule has 0 spiro atoms. The second-order valence-corrected chi connectivity index (χ2v) is 9.23. The van der Waals surface area contributed by atoms with Crippen LogP contribution in [0.2, 0.25) is 5.15 Å². The molecule has 174 valence electrons. The van der Waals surface area contributed by atoms with Gasteiger partial charge in [0, 0.05) is 19.2 Å². The summed E-state index contributed by atoms with van der Waals surface area (Å²) >= 11 is 6.46. The average molecular weight is 491 g/mol. The molecule has 12 heteroatoms. The average Bonchev–Trinajstić information content (AvgIpc) is 3.08. The Bertz CT molecular complexity index is 1290. The zero-order chi connectivity index (χ0) is 24.2. The fraction of sp³-hybridized carbons (Fsp3) is 0.238. The van der Waals surface area contributed by atoms with Crippen LogP contribution in [0.3, 0.4) is 0 Å². The maximum atomic E-state index is 12.7. The van der Waals surface area contributed by atoms with E-state index in [1.165, 1.54) is 22.7 Å². The number of hydrazone groups is 1. The molecular formula is C21H23ClN6O4S. The predicted molar refractivity (Wildman–Crippen MR) is 128 cm³/mol. The number of para-hydroxylation sites is 1. The van der Waals surface area contributed by atoms with Gasteiger partial charge in [0.15, 0.2) is 0 Å². The molecule has 0 aliphatic rings. The molecule has 0 aliphatic heterocycles. The number of rotatable bonds is 9. The number of sulfonamides is 1. The Morgan fingerprint density at radius 1 is 1.21 bits per heavy atom. The minimum Gasteiger partial charge on any atom is -0.272 e. The molecular weight excluding hydrogens is 468 g/mol. The number of nitro groups is 1. The minimum absolute atomic E-state index is 0.0407. The monoisotopic (exact) mass is 490 g/mol. The Balaban J connectivity index is 1.89. The number of benzene rings is 2. The van der Waals surface area contributed by atoms with E-state index in [4.69, 9.17) is 11.6 Å². The zero-order valence-electron chi connectivity index (χ0n) is 18.3. The number of nitrogens with one attached hydrogen (secondary N) is 1. The lowest BCUT2D eigenvalue weighted by Gasteiger charge is -2.18. The second kappa shape index (κ2) is 10.1. The van der Waals surface area contributed by atoms with Crippen LogP contribution >= 0.6 is 11.6 Å². The summed E-state index contributed by atoms with van der Waals surface area (Å²) in [6.45, 7) is 5.68. The van der Waals surface area contributed by atoms with Crippen LogP contribution in [-0.2, 0) is 10.0 Å². The van der Waals surface area contributed by atoms with Crippen LogP contribution in [0.5, 0.6) is 0 Å². The molecule has 1 heterocycles.